The Hall–Kier alpha value is -0.610. The van der Waals surface area contributed by atoms with Crippen LogP contribution >= 0.6 is 0 Å². The molecule has 0 spiro atoms. The molecule has 4 heteroatoms. The van der Waals surface area contributed by atoms with Crippen molar-refractivity contribution in [1.29, 1.82) is 0 Å². The van der Waals surface area contributed by atoms with E-state index in [1.807, 2.05) is 14.1 Å². The van der Waals surface area contributed by atoms with Gasteiger partial charge in [-0.1, -0.05) is 20.3 Å². The molecule has 1 fully saturated rings. The van der Waals surface area contributed by atoms with Crippen LogP contribution < -0.4 is 5.32 Å². The third-order valence-corrected chi connectivity index (χ3v) is 3.95. The monoisotopic (exact) mass is 255 g/mol. The van der Waals surface area contributed by atoms with E-state index in [0.717, 1.165) is 32.1 Å². The van der Waals surface area contributed by atoms with Crippen LogP contribution in [0.15, 0.2) is 0 Å². The number of nitrogens with one attached hydrogen (secondary N) is 1. The molecular formula is C14H29N3O. The van der Waals surface area contributed by atoms with Crippen molar-refractivity contribution in [2.75, 3.05) is 40.3 Å². The van der Waals surface area contributed by atoms with Crippen LogP contribution in [0.5, 0.6) is 0 Å². The summed E-state index contributed by atoms with van der Waals surface area (Å²) >= 11 is 0. The highest BCUT2D eigenvalue weighted by atomic mass is 16.2. The third-order valence-electron chi connectivity index (χ3n) is 3.95. The number of hydrogen-bond acceptors (Lipinski definition) is 3. The highest BCUT2D eigenvalue weighted by Crippen LogP contribution is 2.20. The fraction of sp³-hybridized carbons (Fsp3) is 0.929. The van der Waals surface area contributed by atoms with Crippen LogP contribution in [0.25, 0.3) is 0 Å². The predicted molar refractivity (Wildman–Crippen MR) is 75.6 cm³/mol. The molecule has 0 aromatic heterocycles. The first-order valence-electron chi connectivity index (χ1n) is 7.24. The van der Waals surface area contributed by atoms with Gasteiger partial charge in [0.2, 0.25) is 5.91 Å². The van der Waals surface area contributed by atoms with E-state index in [2.05, 4.69) is 24.1 Å². The van der Waals surface area contributed by atoms with Crippen LogP contribution in [-0.4, -0.2) is 62.0 Å². The maximum absolute atomic E-state index is 11.6. The number of nitrogens with zero attached hydrogens (tertiary/aromatic N) is 2. The van der Waals surface area contributed by atoms with Gasteiger partial charge in [0.25, 0.3) is 0 Å². The second kappa shape index (κ2) is 7.74. The molecule has 0 aliphatic carbocycles. The van der Waals surface area contributed by atoms with Gasteiger partial charge in [0.1, 0.15) is 0 Å². The van der Waals surface area contributed by atoms with E-state index in [9.17, 15) is 4.79 Å². The number of amides is 1. The summed E-state index contributed by atoms with van der Waals surface area (Å²) in [6.07, 6.45) is 3.08. The molecule has 0 aromatic carbocycles. The van der Waals surface area contributed by atoms with Gasteiger partial charge in [0.05, 0.1) is 0 Å². The normalized spacial score (nSPS) is 25.1. The summed E-state index contributed by atoms with van der Waals surface area (Å²) in [4.78, 5) is 15.7. The first kappa shape index (κ1) is 15.4. The Bertz CT molecular complexity index is 255. The molecule has 0 bridgehead atoms. The molecule has 1 aliphatic heterocycles. The van der Waals surface area contributed by atoms with Gasteiger partial charge in [-0.15, -0.1) is 0 Å². The van der Waals surface area contributed by atoms with Crippen LogP contribution in [-0.2, 0) is 4.79 Å². The zero-order chi connectivity index (χ0) is 13.5. The van der Waals surface area contributed by atoms with Gasteiger partial charge in [-0.05, 0) is 25.4 Å². The Balaban J connectivity index is 2.35. The average molecular weight is 255 g/mol. The summed E-state index contributed by atoms with van der Waals surface area (Å²) in [5.41, 5.74) is 0. The number of rotatable bonds is 6. The molecule has 0 radical (unpaired) electrons. The van der Waals surface area contributed by atoms with Crippen molar-refractivity contribution in [1.82, 2.24) is 15.1 Å². The molecule has 0 aromatic rings. The van der Waals surface area contributed by atoms with E-state index < -0.39 is 0 Å². The highest BCUT2D eigenvalue weighted by molar-refractivity contribution is 5.75. The maximum Gasteiger partial charge on any atom is 0.223 e. The zero-order valence-electron chi connectivity index (χ0n) is 12.4. The molecular weight excluding hydrogens is 226 g/mol. The second-order valence-electron chi connectivity index (χ2n) is 5.46. The van der Waals surface area contributed by atoms with Gasteiger partial charge in [-0.3, -0.25) is 4.79 Å². The fourth-order valence-corrected chi connectivity index (χ4v) is 2.73. The van der Waals surface area contributed by atoms with Crippen molar-refractivity contribution in [2.24, 2.45) is 5.92 Å². The van der Waals surface area contributed by atoms with Crippen molar-refractivity contribution >= 4 is 5.91 Å². The van der Waals surface area contributed by atoms with Gasteiger partial charge < -0.3 is 15.1 Å². The molecule has 1 saturated heterocycles. The van der Waals surface area contributed by atoms with E-state index in [1.54, 1.807) is 4.90 Å². The summed E-state index contributed by atoms with van der Waals surface area (Å²) in [7, 11) is 3.66. The molecule has 1 heterocycles. The number of carbonyl (C=O) groups excluding carboxylic acids is 1. The smallest absolute Gasteiger partial charge is 0.223 e. The second-order valence-corrected chi connectivity index (χ2v) is 5.46. The fourth-order valence-electron chi connectivity index (χ4n) is 2.73. The van der Waals surface area contributed by atoms with Gasteiger partial charge in [0, 0.05) is 39.6 Å². The lowest BCUT2D eigenvalue weighted by molar-refractivity contribution is -0.129. The summed E-state index contributed by atoms with van der Waals surface area (Å²) in [5, 5.41) is 3.59. The topological polar surface area (TPSA) is 35.6 Å². The molecule has 106 valence electrons. The van der Waals surface area contributed by atoms with Gasteiger partial charge in [-0.25, -0.2) is 0 Å². The van der Waals surface area contributed by atoms with Crippen molar-refractivity contribution in [3.8, 4) is 0 Å². The van der Waals surface area contributed by atoms with E-state index in [0.29, 0.717) is 12.5 Å². The number of hydrogen-bond donors (Lipinski definition) is 1. The lowest BCUT2D eigenvalue weighted by Gasteiger charge is -2.38. The standard InChI is InChI=1S/C14H29N3O/c1-5-12-11-17(9-7-13(12)15-6-2)10-8-14(18)16(3)4/h12-13,15H,5-11H2,1-4H3. The van der Waals surface area contributed by atoms with E-state index in [1.165, 1.54) is 12.8 Å². The van der Waals surface area contributed by atoms with Gasteiger partial charge in [0.15, 0.2) is 0 Å². The Morgan fingerprint density at radius 3 is 2.67 bits per heavy atom. The Morgan fingerprint density at radius 1 is 1.39 bits per heavy atom. The SMILES string of the molecule is CCNC1CCN(CCC(=O)N(C)C)CC1CC. The van der Waals surface area contributed by atoms with Crippen LogP contribution in [0.4, 0.5) is 0 Å². The molecule has 1 rings (SSSR count). The molecule has 1 amide bonds. The van der Waals surface area contributed by atoms with Crippen molar-refractivity contribution in [2.45, 2.75) is 39.2 Å². The minimum absolute atomic E-state index is 0.233. The summed E-state index contributed by atoms with van der Waals surface area (Å²) < 4.78 is 0. The largest absolute Gasteiger partial charge is 0.349 e. The first-order valence-corrected chi connectivity index (χ1v) is 7.24. The quantitative estimate of drug-likeness (QED) is 0.774. The summed E-state index contributed by atoms with van der Waals surface area (Å²) in [6, 6.07) is 0.667. The zero-order valence-corrected chi connectivity index (χ0v) is 12.4. The Labute approximate surface area is 112 Å². The number of likely N-dealkylation sites (tertiary alicyclic amines) is 1. The lowest BCUT2D eigenvalue weighted by atomic mass is 9.90. The molecule has 1 N–H and O–H groups in total. The van der Waals surface area contributed by atoms with Gasteiger partial charge in [-0.2, -0.15) is 0 Å². The predicted octanol–water partition coefficient (Wildman–Crippen LogP) is 1.17. The van der Waals surface area contributed by atoms with Crippen molar-refractivity contribution < 1.29 is 4.79 Å². The maximum atomic E-state index is 11.6. The number of piperidine rings is 1. The summed E-state index contributed by atoms with van der Waals surface area (Å²) in [5.74, 6) is 0.963. The van der Waals surface area contributed by atoms with Crippen LogP contribution in [0, 0.1) is 5.92 Å². The Kier molecular flexibility index (Phi) is 6.65. The average Bonchev–Trinajstić information content (AvgIpc) is 2.37. The highest BCUT2D eigenvalue weighted by Gasteiger charge is 2.27. The molecule has 1 aliphatic rings. The minimum atomic E-state index is 0.233. The van der Waals surface area contributed by atoms with Crippen LogP contribution in [0.3, 0.4) is 0 Å². The van der Waals surface area contributed by atoms with E-state index >= 15 is 0 Å². The Morgan fingerprint density at radius 2 is 2.11 bits per heavy atom. The van der Waals surface area contributed by atoms with Crippen LogP contribution in [0.2, 0.25) is 0 Å². The van der Waals surface area contributed by atoms with E-state index in [4.69, 9.17) is 0 Å². The van der Waals surface area contributed by atoms with Crippen molar-refractivity contribution in [3.63, 3.8) is 0 Å². The number of carbonyl (C=O) groups is 1. The van der Waals surface area contributed by atoms with Crippen LogP contribution in [0.1, 0.15) is 33.1 Å². The molecule has 4 nitrogen and oxygen atoms in total. The summed E-state index contributed by atoms with van der Waals surface area (Å²) in [6.45, 7) is 8.66. The third kappa shape index (κ3) is 4.58. The molecule has 2 atom stereocenters. The molecule has 2 unspecified atom stereocenters. The molecule has 18 heavy (non-hydrogen) atoms. The van der Waals surface area contributed by atoms with Gasteiger partial charge >= 0.3 is 0 Å². The minimum Gasteiger partial charge on any atom is -0.349 e. The van der Waals surface area contributed by atoms with Crippen molar-refractivity contribution in [3.05, 3.63) is 0 Å². The lowest BCUT2D eigenvalue weighted by Crippen LogP contribution is -2.49. The molecule has 0 saturated carbocycles. The first-order chi connectivity index (χ1) is 8.58. The van der Waals surface area contributed by atoms with E-state index in [-0.39, 0.29) is 5.91 Å².